The van der Waals surface area contributed by atoms with Gasteiger partial charge in [0.25, 0.3) is 8.67 Å². The maximum atomic E-state index is 14.4. The minimum Gasteiger partial charge on any atom is -0.492 e. The molecule has 5 rings (SSSR count). The average Bonchev–Trinajstić information content (AvgIpc) is 3.53. The highest BCUT2D eigenvalue weighted by molar-refractivity contribution is 7.22. The Morgan fingerprint density at radius 2 is 1.09 bits per heavy atom. The van der Waals surface area contributed by atoms with Crippen LogP contribution in [0, 0.1) is 0 Å². The van der Waals surface area contributed by atoms with Crippen LogP contribution in [0.5, 0.6) is 17.2 Å². The Labute approximate surface area is 407 Å². The van der Waals surface area contributed by atoms with Gasteiger partial charge < -0.3 is 14.2 Å². The monoisotopic (exact) mass is 1090 g/mol. The summed E-state index contributed by atoms with van der Waals surface area (Å²) in [4.78, 5) is 43.3. The Kier molecular flexibility index (Phi) is 16.1. The zero-order valence-electron chi connectivity index (χ0n) is 28.9. The number of alkyl halides is 14. The molecule has 1 aliphatic heterocycles. The molecule has 314 valence electrons. The first-order valence-corrected chi connectivity index (χ1v) is 22.7. The highest BCUT2D eigenvalue weighted by Crippen LogP contribution is 2.58. The molecule has 0 atom stereocenters. The van der Waals surface area contributed by atoms with Crippen molar-refractivity contribution in [2.24, 2.45) is 0 Å². The summed E-state index contributed by atoms with van der Waals surface area (Å²) >= 11 is 85.0. The zero-order valence-corrected chi connectivity index (χ0v) is 40.3. The standard InChI is InChI=1S/C36H25Cl14NO6S/c37-31(38,33(41,42)35(45,46)47)29(53)56-22-10-6-20(7-11-22)28-26(27(52)19-4-8-21(9-5-19)55-17-16-51-14-2-1-3-15-51)24-13-12-23(18-25(24)58-28)57-30(54)32(39,40)34(43,44)36(48,49)50/h4-13,18H,1-3,14-17H2. The second-order valence-electron chi connectivity index (χ2n) is 12.7. The minimum atomic E-state index is -2.75. The van der Waals surface area contributed by atoms with E-state index in [1.165, 1.54) is 43.5 Å². The number of hydrogen-bond acceptors (Lipinski definition) is 8. The molecule has 7 nitrogen and oxygen atoms in total. The van der Waals surface area contributed by atoms with Gasteiger partial charge in [0, 0.05) is 32.6 Å². The number of thiophene rings is 1. The number of nitrogens with zero attached hydrogens (tertiary/aromatic N) is 1. The van der Waals surface area contributed by atoms with Gasteiger partial charge in [0.15, 0.2) is 5.78 Å². The van der Waals surface area contributed by atoms with Gasteiger partial charge in [-0.2, -0.15) is 0 Å². The molecule has 0 bridgehead atoms. The van der Waals surface area contributed by atoms with E-state index in [1.807, 2.05) is 0 Å². The van der Waals surface area contributed by atoms with E-state index >= 15 is 0 Å². The van der Waals surface area contributed by atoms with Crippen LogP contribution in [0.25, 0.3) is 20.5 Å². The lowest BCUT2D eigenvalue weighted by Crippen LogP contribution is -2.53. The van der Waals surface area contributed by atoms with Gasteiger partial charge in [-0.3, -0.25) is 9.69 Å². The Morgan fingerprint density at radius 1 is 0.603 bits per heavy atom. The van der Waals surface area contributed by atoms with Crippen LogP contribution < -0.4 is 14.2 Å². The number of carbonyl (C=O) groups is 3. The molecule has 4 aromatic rings. The van der Waals surface area contributed by atoms with E-state index in [9.17, 15) is 14.4 Å². The summed E-state index contributed by atoms with van der Waals surface area (Å²) in [6, 6.07) is 17.1. The van der Waals surface area contributed by atoms with Crippen molar-refractivity contribution in [2.45, 2.75) is 44.2 Å². The third-order valence-corrected chi connectivity index (χ3v) is 17.5. The number of ether oxygens (including phenoxy) is 3. The minimum absolute atomic E-state index is 0.0536. The van der Waals surface area contributed by atoms with E-state index in [2.05, 4.69) is 4.90 Å². The maximum Gasteiger partial charge on any atom is 0.351 e. The molecule has 1 fully saturated rings. The Balaban J connectivity index is 1.47. The fourth-order valence-electron chi connectivity index (χ4n) is 5.52. The quantitative estimate of drug-likeness (QED) is 0.0571. The number of rotatable bonds is 13. The molecule has 0 amide bonds. The number of halogens is 14. The van der Waals surface area contributed by atoms with Crippen LogP contribution in [0.1, 0.15) is 35.2 Å². The van der Waals surface area contributed by atoms with Gasteiger partial charge in [0.05, 0.1) is 0 Å². The molecular formula is C36H25Cl14NO6S. The molecule has 1 saturated heterocycles. The molecule has 0 radical (unpaired) electrons. The molecule has 22 heteroatoms. The van der Waals surface area contributed by atoms with Crippen LogP contribution in [0.3, 0.4) is 0 Å². The molecular weight excluding hydrogens is 1070 g/mol. The van der Waals surface area contributed by atoms with Crippen molar-refractivity contribution >= 4 is 202 Å². The third-order valence-electron chi connectivity index (χ3n) is 8.68. The van der Waals surface area contributed by atoms with Crippen molar-refractivity contribution in [2.75, 3.05) is 26.2 Å². The third kappa shape index (κ3) is 10.5. The van der Waals surface area contributed by atoms with Crippen molar-refractivity contribution in [1.82, 2.24) is 4.90 Å². The van der Waals surface area contributed by atoms with Crippen LogP contribution in [-0.4, -0.2) is 73.8 Å². The summed E-state index contributed by atoms with van der Waals surface area (Å²) in [7, 11) is 0. The number of fused-ring (bicyclic) bond motifs is 1. The van der Waals surface area contributed by atoms with Gasteiger partial charge in [-0.25, -0.2) is 9.59 Å². The molecule has 58 heavy (non-hydrogen) atoms. The van der Waals surface area contributed by atoms with Crippen molar-refractivity contribution < 1.29 is 28.6 Å². The van der Waals surface area contributed by atoms with Gasteiger partial charge in [-0.1, -0.05) is 169 Å². The van der Waals surface area contributed by atoms with E-state index < -0.39 is 36.9 Å². The van der Waals surface area contributed by atoms with Crippen molar-refractivity contribution in [3.05, 3.63) is 77.9 Å². The van der Waals surface area contributed by atoms with E-state index in [0.29, 0.717) is 44.0 Å². The molecule has 1 aromatic heterocycles. The summed E-state index contributed by atoms with van der Waals surface area (Å²) in [5.74, 6) is -2.55. The second kappa shape index (κ2) is 19.0. The van der Waals surface area contributed by atoms with E-state index in [4.69, 9.17) is 177 Å². The first-order valence-electron chi connectivity index (χ1n) is 16.6. The SMILES string of the molecule is O=C(c1ccc(OCCN2CCCCC2)cc1)c1c(-c2ccc(OC(=O)C(Cl)(Cl)C(Cl)(Cl)C(Cl)(Cl)Cl)cc2)sc2cc(OC(=O)C(Cl)(Cl)C(Cl)(Cl)C(Cl)(Cl)Cl)ccc12. The largest absolute Gasteiger partial charge is 0.492 e. The van der Waals surface area contributed by atoms with Gasteiger partial charge in [0.2, 0.25) is 16.3 Å². The maximum absolute atomic E-state index is 14.4. The summed E-state index contributed by atoms with van der Waals surface area (Å²) in [5, 5.41) is 0.483. The topological polar surface area (TPSA) is 82.1 Å². The lowest BCUT2D eigenvalue weighted by Gasteiger charge is -2.35. The number of esters is 2. The Hall–Kier alpha value is 0.0500. The lowest BCUT2D eigenvalue weighted by atomic mass is 9.97. The Bertz CT molecular complexity index is 2140. The highest BCUT2D eigenvalue weighted by Gasteiger charge is 2.66. The molecule has 3 aromatic carbocycles. The van der Waals surface area contributed by atoms with Crippen LogP contribution in [-0.2, 0) is 9.59 Å². The molecule has 1 aliphatic rings. The van der Waals surface area contributed by atoms with E-state index in [0.717, 1.165) is 31.0 Å². The lowest BCUT2D eigenvalue weighted by molar-refractivity contribution is -0.136. The number of carbonyl (C=O) groups excluding carboxylic acids is 3. The summed E-state index contributed by atoms with van der Waals surface area (Å²) in [6.07, 6.45) is 3.59. The number of benzene rings is 3. The average molecular weight is 1100 g/mol. The van der Waals surface area contributed by atoms with Gasteiger partial charge >= 0.3 is 11.9 Å². The van der Waals surface area contributed by atoms with Crippen LogP contribution in [0.15, 0.2) is 66.7 Å². The van der Waals surface area contributed by atoms with Gasteiger partial charge in [0.1, 0.15) is 23.9 Å². The summed E-state index contributed by atoms with van der Waals surface area (Å²) in [5.41, 5.74) is 1.15. The summed E-state index contributed by atoms with van der Waals surface area (Å²) in [6.45, 7) is 3.40. The Morgan fingerprint density at radius 3 is 1.60 bits per heavy atom. The predicted molar refractivity (Wildman–Crippen MR) is 243 cm³/mol. The van der Waals surface area contributed by atoms with Crippen molar-refractivity contribution in [1.29, 1.82) is 0 Å². The second-order valence-corrected chi connectivity index (χ2v) is 23.6. The normalized spacial score (nSPS) is 15.0. The fourth-order valence-corrected chi connectivity index (χ4v) is 9.21. The first-order chi connectivity index (χ1) is 26.8. The molecule has 0 unspecified atom stereocenters. The number of hydrogen-bond donors (Lipinski definition) is 0. The number of ketones is 1. The first kappa shape index (κ1) is 49.1. The van der Waals surface area contributed by atoms with E-state index in [1.54, 1.807) is 42.5 Å². The van der Waals surface area contributed by atoms with Crippen molar-refractivity contribution in [3.63, 3.8) is 0 Å². The molecule has 0 N–H and O–H groups in total. The smallest absolute Gasteiger partial charge is 0.351 e. The zero-order chi connectivity index (χ0) is 43.1. The fraction of sp³-hybridized carbons (Fsp3) is 0.361. The van der Waals surface area contributed by atoms with Crippen molar-refractivity contribution in [3.8, 4) is 27.7 Å². The van der Waals surface area contributed by atoms with Gasteiger partial charge in [-0.05, 0) is 98.2 Å². The highest BCUT2D eigenvalue weighted by atomic mass is 35.6. The molecule has 0 aliphatic carbocycles. The van der Waals surface area contributed by atoms with Crippen LogP contribution in [0.4, 0.5) is 0 Å². The molecule has 2 heterocycles. The van der Waals surface area contributed by atoms with Crippen LogP contribution in [0.2, 0.25) is 0 Å². The molecule has 0 saturated carbocycles. The molecule has 0 spiro atoms. The van der Waals surface area contributed by atoms with Gasteiger partial charge in [-0.15, -0.1) is 11.3 Å². The van der Waals surface area contributed by atoms with E-state index in [-0.39, 0.29) is 17.3 Å². The number of likely N-dealkylation sites (tertiary alicyclic amines) is 1. The van der Waals surface area contributed by atoms with Crippen LogP contribution >= 0.6 is 174 Å². The predicted octanol–water partition coefficient (Wildman–Crippen LogP) is 13.9. The number of piperidine rings is 1. The summed E-state index contributed by atoms with van der Waals surface area (Å²) < 4.78 is 1.42.